The molecule has 0 aliphatic heterocycles. The Morgan fingerprint density at radius 1 is 1.21 bits per heavy atom. The molecule has 1 aromatic carbocycles. The van der Waals surface area contributed by atoms with Crippen LogP contribution in [0.15, 0.2) is 18.2 Å². The van der Waals surface area contributed by atoms with Gasteiger partial charge in [-0.3, -0.25) is 0 Å². The van der Waals surface area contributed by atoms with Crippen molar-refractivity contribution in [2.45, 2.75) is 72.1 Å². The molecule has 2 aromatic rings. The highest BCUT2D eigenvalue weighted by atomic mass is 16.3. The number of aliphatic hydroxyl groups excluding tert-OH is 1. The molecular formula is C21H32N2O. The molecule has 0 spiro atoms. The molecule has 1 aliphatic carbocycles. The van der Waals surface area contributed by atoms with Gasteiger partial charge in [0.25, 0.3) is 0 Å². The fourth-order valence-electron chi connectivity index (χ4n) is 4.18. The summed E-state index contributed by atoms with van der Waals surface area (Å²) in [5, 5.41) is 15.5. The summed E-state index contributed by atoms with van der Waals surface area (Å²) < 4.78 is 2.28. The Morgan fingerprint density at radius 3 is 2.71 bits per heavy atom. The fraction of sp³-hybridized carbons (Fsp3) is 0.619. The smallest absolute Gasteiger partial charge is 0.0843 e. The summed E-state index contributed by atoms with van der Waals surface area (Å²) in [7, 11) is 0. The first kappa shape index (κ1) is 17.5. The molecule has 1 aromatic heterocycles. The molecule has 1 heterocycles. The van der Waals surface area contributed by atoms with Gasteiger partial charge >= 0.3 is 0 Å². The summed E-state index contributed by atoms with van der Waals surface area (Å²) in [5.74, 6) is 0.727. The third-order valence-corrected chi connectivity index (χ3v) is 5.91. The first-order valence-corrected chi connectivity index (χ1v) is 9.45. The fourth-order valence-corrected chi connectivity index (χ4v) is 4.18. The van der Waals surface area contributed by atoms with Crippen molar-refractivity contribution in [3.8, 4) is 0 Å². The SMILES string of the molecule is Cc1ccc2c(c1)c(C)c(C)n2C[C@@H](O)CN[C@H]1CCCC[C@@H]1C. The molecule has 1 saturated carbocycles. The number of aliphatic hydroxyl groups is 1. The lowest BCUT2D eigenvalue weighted by Crippen LogP contribution is -2.42. The highest BCUT2D eigenvalue weighted by Crippen LogP contribution is 2.27. The van der Waals surface area contributed by atoms with Gasteiger partial charge in [0.15, 0.2) is 0 Å². The van der Waals surface area contributed by atoms with Gasteiger partial charge in [-0.25, -0.2) is 0 Å². The second-order valence-corrected chi connectivity index (χ2v) is 7.77. The van der Waals surface area contributed by atoms with E-state index in [0.29, 0.717) is 19.1 Å². The topological polar surface area (TPSA) is 37.2 Å². The normalized spacial score (nSPS) is 22.9. The first-order chi connectivity index (χ1) is 11.5. The van der Waals surface area contributed by atoms with E-state index in [4.69, 9.17) is 0 Å². The Bertz CT molecular complexity index is 703. The molecule has 3 nitrogen and oxygen atoms in total. The maximum atomic E-state index is 10.6. The standard InChI is InChI=1S/C21H32N2O/c1-14-9-10-21-19(11-14)16(3)17(4)23(21)13-18(24)12-22-20-8-6-5-7-15(20)2/h9-11,15,18,20,22,24H,5-8,12-13H2,1-4H3/t15-,18-,20-/m0/s1. The average Bonchev–Trinajstić information content (AvgIpc) is 2.79. The van der Waals surface area contributed by atoms with Gasteiger partial charge in [0, 0.05) is 29.2 Å². The summed E-state index contributed by atoms with van der Waals surface area (Å²) in [6, 6.07) is 7.17. The second kappa shape index (κ2) is 7.28. The second-order valence-electron chi connectivity index (χ2n) is 7.77. The van der Waals surface area contributed by atoms with E-state index >= 15 is 0 Å². The van der Waals surface area contributed by atoms with Gasteiger partial charge in [0.05, 0.1) is 12.6 Å². The molecule has 1 aliphatic rings. The molecule has 3 atom stereocenters. The van der Waals surface area contributed by atoms with Crippen molar-refractivity contribution in [2.24, 2.45) is 5.92 Å². The van der Waals surface area contributed by atoms with Crippen molar-refractivity contribution in [1.82, 2.24) is 9.88 Å². The highest BCUT2D eigenvalue weighted by molar-refractivity contribution is 5.85. The summed E-state index contributed by atoms with van der Waals surface area (Å²) in [5.41, 5.74) is 5.12. The van der Waals surface area contributed by atoms with Crippen LogP contribution >= 0.6 is 0 Å². The number of aromatic nitrogens is 1. The third-order valence-electron chi connectivity index (χ3n) is 5.91. The summed E-state index contributed by atoms with van der Waals surface area (Å²) in [6.07, 6.45) is 4.88. The zero-order valence-corrected chi connectivity index (χ0v) is 15.6. The van der Waals surface area contributed by atoms with E-state index in [2.05, 4.69) is 55.8 Å². The van der Waals surface area contributed by atoms with Gasteiger partial charge < -0.3 is 15.0 Å². The quantitative estimate of drug-likeness (QED) is 0.867. The van der Waals surface area contributed by atoms with Gasteiger partial charge in [-0.1, -0.05) is 31.4 Å². The predicted molar refractivity (Wildman–Crippen MR) is 102 cm³/mol. The maximum Gasteiger partial charge on any atom is 0.0843 e. The van der Waals surface area contributed by atoms with Crippen molar-refractivity contribution >= 4 is 10.9 Å². The predicted octanol–water partition coefficient (Wildman–Crippen LogP) is 4.10. The van der Waals surface area contributed by atoms with Crippen molar-refractivity contribution in [2.75, 3.05) is 6.54 Å². The van der Waals surface area contributed by atoms with Crippen molar-refractivity contribution in [3.05, 3.63) is 35.0 Å². The molecule has 24 heavy (non-hydrogen) atoms. The van der Waals surface area contributed by atoms with Gasteiger partial charge in [-0.05, 0) is 57.2 Å². The lowest BCUT2D eigenvalue weighted by Gasteiger charge is -2.30. The summed E-state index contributed by atoms with van der Waals surface area (Å²) in [6.45, 7) is 10.1. The summed E-state index contributed by atoms with van der Waals surface area (Å²) >= 11 is 0. The summed E-state index contributed by atoms with van der Waals surface area (Å²) in [4.78, 5) is 0. The molecule has 2 N–H and O–H groups in total. The van der Waals surface area contributed by atoms with E-state index in [1.807, 2.05) is 0 Å². The van der Waals surface area contributed by atoms with Crippen LogP contribution in [0.1, 0.15) is 49.4 Å². The number of aryl methyl sites for hydroxylation is 2. The zero-order chi connectivity index (χ0) is 17.3. The molecule has 0 bridgehead atoms. The molecule has 1 fully saturated rings. The van der Waals surface area contributed by atoms with Gasteiger partial charge in [-0.2, -0.15) is 0 Å². The molecule has 132 valence electrons. The highest BCUT2D eigenvalue weighted by Gasteiger charge is 2.22. The van der Waals surface area contributed by atoms with Crippen LogP contribution < -0.4 is 5.32 Å². The van der Waals surface area contributed by atoms with Crippen LogP contribution in [0.5, 0.6) is 0 Å². The Labute approximate surface area is 146 Å². The molecular weight excluding hydrogens is 296 g/mol. The number of benzene rings is 1. The minimum Gasteiger partial charge on any atom is -0.390 e. The van der Waals surface area contributed by atoms with Crippen LogP contribution in [0.3, 0.4) is 0 Å². The molecule has 0 unspecified atom stereocenters. The van der Waals surface area contributed by atoms with E-state index in [1.54, 1.807) is 0 Å². The van der Waals surface area contributed by atoms with Crippen LogP contribution in [0.4, 0.5) is 0 Å². The largest absolute Gasteiger partial charge is 0.390 e. The number of rotatable bonds is 5. The Kier molecular flexibility index (Phi) is 5.31. The Morgan fingerprint density at radius 2 is 1.96 bits per heavy atom. The third kappa shape index (κ3) is 3.52. The lowest BCUT2D eigenvalue weighted by atomic mass is 9.86. The van der Waals surface area contributed by atoms with Crippen LogP contribution in [-0.2, 0) is 6.54 Å². The van der Waals surface area contributed by atoms with Crippen LogP contribution in [0.2, 0.25) is 0 Å². The Balaban J connectivity index is 1.69. The minimum atomic E-state index is -0.353. The monoisotopic (exact) mass is 328 g/mol. The van der Waals surface area contributed by atoms with E-state index in [9.17, 15) is 5.11 Å². The maximum absolute atomic E-state index is 10.6. The molecule has 3 heteroatoms. The van der Waals surface area contributed by atoms with E-state index in [0.717, 1.165) is 5.92 Å². The van der Waals surface area contributed by atoms with Crippen LogP contribution in [0.25, 0.3) is 10.9 Å². The minimum absolute atomic E-state index is 0.353. The molecule has 0 saturated heterocycles. The number of hydrogen-bond acceptors (Lipinski definition) is 2. The van der Waals surface area contributed by atoms with Crippen molar-refractivity contribution in [3.63, 3.8) is 0 Å². The van der Waals surface area contributed by atoms with Gasteiger partial charge in [0.1, 0.15) is 0 Å². The van der Waals surface area contributed by atoms with Gasteiger partial charge in [0.2, 0.25) is 0 Å². The van der Waals surface area contributed by atoms with Crippen LogP contribution in [-0.4, -0.2) is 28.4 Å². The number of fused-ring (bicyclic) bond motifs is 1. The lowest BCUT2D eigenvalue weighted by molar-refractivity contribution is 0.139. The van der Waals surface area contributed by atoms with Crippen molar-refractivity contribution in [1.29, 1.82) is 0 Å². The molecule has 3 rings (SSSR count). The van der Waals surface area contributed by atoms with Crippen LogP contribution in [0, 0.1) is 26.7 Å². The number of hydrogen-bond donors (Lipinski definition) is 2. The molecule has 0 radical (unpaired) electrons. The average molecular weight is 329 g/mol. The van der Waals surface area contributed by atoms with E-state index in [-0.39, 0.29) is 6.10 Å². The van der Waals surface area contributed by atoms with E-state index < -0.39 is 0 Å². The first-order valence-electron chi connectivity index (χ1n) is 9.45. The number of nitrogens with one attached hydrogen (secondary N) is 1. The zero-order valence-electron chi connectivity index (χ0n) is 15.6. The van der Waals surface area contributed by atoms with Gasteiger partial charge in [-0.15, -0.1) is 0 Å². The Hall–Kier alpha value is -1.32. The van der Waals surface area contributed by atoms with E-state index in [1.165, 1.54) is 53.4 Å². The molecule has 0 amide bonds. The van der Waals surface area contributed by atoms with Crippen molar-refractivity contribution < 1.29 is 5.11 Å². The number of nitrogens with zero attached hydrogens (tertiary/aromatic N) is 1.